The third-order valence-electron chi connectivity index (χ3n) is 5.26. The second-order valence-corrected chi connectivity index (χ2v) is 7.84. The molecule has 0 saturated carbocycles. The van der Waals surface area contributed by atoms with Gasteiger partial charge in [0.2, 0.25) is 0 Å². The summed E-state index contributed by atoms with van der Waals surface area (Å²) in [4.78, 5) is 38.1. The highest BCUT2D eigenvalue weighted by atomic mass is 19.1. The van der Waals surface area contributed by atoms with Crippen molar-refractivity contribution >= 4 is 17.7 Å². The summed E-state index contributed by atoms with van der Waals surface area (Å²) in [5.41, 5.74) is 1.56. The average molecular weight is 494 g/mol. The van der Waals surface area contributed by atoms with Gasteiger partial charge in [0.15, 0.2) is 23.9 Å². The number of ketones is 1. The first-order valence-electron chi connectivity index (χ1n) is 11.6. The van der Waals surface area contributed by atoms with Crippen molar-refractivity contribution in [3.05, 3.63) is 94.3 Å². The van der Waals surface area contributed by atoms with Crippen LogP contribution in [0.25, 0.3) is 0 Å². The van der Waals surface area contributed by atoms with Crippen LogP contribution in [0.2, 0.25) is 0 Å². The molecule has 0 heterocycles. The van der Waals surface area contributed by atoms with Crippen molar-refractivity contribution in [2.24, 2.45) is 0 Å². The van der Waals surface area contributed by atoms with Gasteiger partial charge in [0, 0.05) is 17.7 Å². The molecule has 0 spiro atoms. The van der Waals surface area contributed by atoms with Crippen LogP contribution in [-0.2, 0) is 16.1 Å². The molecule has 0 unspecified atom stereocenters. The van der Waals surface area contributed by atoms with Crippen LogP contribution in [-0.4, -0.2) is 37.5 Å². The molecule has 188 valence electrons. The lowest BCUT2D eigenvalue weighted by atomic mass is 9.98. The van der Waals surface area contributed by atoms with Crippen molar-refractivity contribution in [2.75, 3.05) is 19.8 Å². The Bertz CT molecular complexity index is 1260. The monoisotopic (exact) mass is 493 g/mol. The Hall–Kier alpha value is -4.20. The molecule has 7 nitrogen and oxygen atoms in total. The number of hydrogen-bond donors (Lipinski definition) is 1. The fourth-order valence-electron chi connectivity index (χ4n) is 3.41. The van der Waals surface area contributed by atoms with Crippen molar-refractivity contribution in [1.29, 1.82) is 0 Å². The lowest BCUT2D eigenvalue weighted by molar-refractivity contribution is -0.124. The topological polar surface area (TPSA) is 90.9 Å². The van der Waals surface area contributed by atoms with Gasteiger partial charge < -0.3 is 19.5 Å². The van der Waals surface area contributed by atoms with Gasteiger partial charge in [-0.1, -0.05) is 30.3 Å². The zero-order chi connectivity index (χ0) is 26.1. The fraction of sp³-hybridized carbons (Fsp3) is 0.250. The Morgan fingerprint density at radius 1 is 0.861 bits per heavy atom. The number of nitrogens with one attached hydrogen (secondary N) is 1. The summed E-state index contributed by atoms with van der Waals surface area (Å²) in [7, 11) is 0. The van der Waals surface area contributed by atoms with Crippen LogP contribution < -0.4 is 14.8 Å². The number of carbonyl (C=O) groups excluding carboxylic acids is 3. The van der Waals surface area contributed by atoms with E-state index in [1.54, 1.807) is 49.4 Å². The molecule has 0 aliphatic rings. The Morgan fingerprint density at radius 2 is 1.56 bits per heavy atom. The van der Waals surface area contributed by atoms with E-state index < -0.39 is 24.3 Å². The van der Waals surface area contributed by atoms with E-state index in [0.717, 1.165) is 0 Å². The zero-order valence-electron chi connectivity index (χ0n) is 20.4. The number of aryl methyl sites for hydroxylation is 1. The molecule has 0 bridgehead atoms. The predicted molar refractivity (Wildman–Crippen MR) is 132 cm³/mol. The fourth-order valence-corrected chi connectivity index (χ4v) is 3.41. The molecule has 8 heteroatoms. The molecule has 36 heavy (non-hydrogen) atoms. The summed E-state index contributed by atoms with van der Waals surface area (Å²) in [6.07, 6.45) is 0. The summed E-state index contributed by atoms with van der Waals surface area (Å²) >= 11 is 0. The Labute approximate surface area is 209 Å². The number of rotatable bonds is 11. The third kappa shape index (κ3) is 6.69. The van der Waals surface area contributed by atoms with Crippen molar-refractivity contribution in [1.82, 2.24) is 5.32 Å². The summed E-state index contributed by atoms with van der Waals surface area (Å²) in [6, 6.07) is 15.7. The molecule has 0 saturated heterocycles. The van der Waals surface area contributed by atoms with Crippen molar-refractivity contribution in [2.45, 2.75) is 27.3 Å². The van der Waals surface area contributed by atoms with Crippen molar-refractivity contribution in [3.8, 4) is 11.5 Å². The first-order valence-corrected chi connectivity index (χ1v) is 11.6. The van der Waals surface area contributed by atoms with Gasteiger partial charge in [-0.05, 0) is 62.2 Å². The standard InChI is InChI=1S/C28H28FNO6/c1-4-34-24-13-12-20(15-25(24)35-5-2)27(32)21-8-6-7-9-22(21)28(33)36-17-26(31)30-16-19-11-10-18(3)23(29)14-19/h6-15H,4-5,16-17H2,1-3H3,(H,30,31). The van der Waals surface area contributed by atoms with E-state index >= 15 is 0 Å². The van der Waals surface area contributed by atoms with Gasteiger partial charge >= 0.3 is 5.97 Å². The lowest BCUT2D eigenvalue weighted by Crippen LogP contribution is -2.28. The van der Waals surface area contributed by atoms with E-state index in [-0.39, 0.29) is 23.5 Å². The Morgan fingerprint density at radius 3 is 2.25 bits per heavy atom. The van der Waals surface area contributed by atoms with Gasteiger partial charge in [-0.25, -0.2) is 9.18 Å². The number of halogens is 1. The smallest absolute Gasteiger partial charge is 0.339 e. The third-order valence-corrected chi connectivity index (χ3v) is 5.26. The van der Waals surface area contributed by atoms with E-state index in [0.29, 0.717) is 41.4 Å². The highest BCUT2D eigenvalue weighted by Gasteiger charge is 2.21. The minimum Gasteiger partial charge on any atom is -0.490 e. The second-order valence-electron chi connectivity index (χ2n) is 7.84. The van der Waals surface area contributed by atoms with Crippen LogP contribution >= 0.6 is 0 Å². The van der Waals surface area contributed by atoms with Crippen LogP contribution in [0, 0.1) is 12.7 Å². The molecule has 3 aromatic carbocycles. The van der Waals surface area contributed by atoms with Crippen LogP contribution in [0.1, 0.15) is 51.3 Å². The molecule has 3 rings (SSSR count). The number of carbonyl (C=O) groups is 3. The predicted octanol–water partition coefficient (Wildman–Crippen LogP) is 4.64. The molecule has 0 atom stereocenters. The number of esters is 1. The molecule has 0 fully saturated rings. The summed E-state index contributed by atoms with van der Waals surface area (Å²) in [5.74, 6) is -1.20. The van der Waals surface area contributed by atoms with E-state index in [4.69, 9.17) is 14.2 Å². The highest BCUT2D eigenvalue weighted by molar-refractivity contribution is 6.14. The average Bonchev–Trinajstić information content (AvgIpc) is 2.88. The van der Waals surface area contributed by atoms with E-state index in [9.17, 15) is 18.8 Å². The maximum absolute atomic E-state index is 13.7. The SMILES string of the molecule is CCOc1ccc(C(=O)c2ccccc2C(=O)OCC(=O)NCc2ccc(C)c(F)c2)cc1OCC. The quantitative estimate of drug-likeness (QED) is 0.309. The van der Waals surface area contributed by atoms with Gasteiger partial charge in [0.25, 0.3) is 5.91 Å². The van der Waals surface area contributed by atoms with Gasteiger partial charge in [0.05, 0.1) is 18.8 Å². The van der Waals surface area contributed by atoms with E-state index in [1.165, 1.54) is 18.2 Å². The zero-order valence-corrected chi connectivity index (χ0v) is 20.4. The molecule has 1 N–H and O–H groups in total. The van der Waals surface area contributed by atoms with Crippen molar-refractivity contribution in [3.63, 3.8) is 0 Å². The van der Waals surface area contributed by atoms with Crippen LogP contribution in [0.3, 0.4) is 0 Å². The normalized spacial score (nSPS) is 10.4. The molecule has 1 amide bonds. The molecular weight excluding hydrogens is 465 g/mol. The van der Waals surface area contributed by atoms with Crippen LogP contribution in [0.5, 0.6) is 11.5 Å². The largest absolute Gasteiger partial charge is 0.490 e. The number of hydrogen-bond acceptors (Lipinski definition) is 6. The Balaban J connectivity index is 1.68. The van der Waals surface area contributed by atoms with Gasteiger partial charge in [-0.2, -0.15) is 0 Å². The minimum atomic E-state index is -0.813. The minimum absolute atomic E-state index is 0.0303. The molecular formula is C28H28FNO6. The van der Waals surface area contributed by atoms with Crippen LogP contribution in [0.4, 0.5) is 4.39 Å². The molecule has 0 aromatic heterocycles. The van der Waals surface area contributed by atoms with Crippen molar-refractivity contribution < 1.29 is 33.0 Å². The lowest BCUT2D eigenvalue weighted by Gasteiger charge is -2.13. The molecule has 0 radical (unpaired) electrons. The Kier molecular flexibility index (Phi) is 9.16. The maximum Gasteiger partial charge on any atom is 0.339 e. The number of amides is 1. The molecule has 0 aliphatic carbocycles. The summed E-state index contributed by atoms with van der Waals surface area (Å²) in [6.45, 7) is 5.69. The van der Waals surface area contributed by atoms with Gasteiger partial charge in [0.1, 0.15) is 5.82 Å². The first kappa shape index (κ1) is 26.4. The van der Waals surface area contributed by atoms with Gasteiger partial charge in [-0.3, -0.25) is 9.59 Å². The maximum atomic E-state index is 13.7. The van der Waals surface area contributed by atoms with E-state index in [1.807, 2.05) is 13.8 Å². The second kappa shape index (κ2) is 12.5. The summed E-state index contributed by atoms with van der Waals surface area (Å²) in [5, 5.41) is 2.57. The number of benzene rings is 3. The van der Waals surface area contributed by atoms with Gasteiger partial charge in [-0.15, -0.1) is 0 Å². The number of ether oxygens (including phenoxy) is 3. The highest BCUT2D eigenvalue weighted by Crippen LogP contribution is 2.30. The summed E-state index contributed by atoms with van der Waals surface area (Å²) < 4.78 is 29.9. The first-order chi connectivity index (χ1) is 17.3. The van der Waals surface area contributed by atoms with E-state index in [2.05, 4.69) is 5.32 Å². The molecule has 0 aliphatic heterocycles. The van der Waals surface area contributed by atoms with Crippen LogP contribution in [0.15, 0.2) is 60.7 Å². The molecule has 3 aromatic rings.